The molecule has 1 saturated heterocycles. The minimum Gasteiger partial charge on any atom is -0.316 e. The van der Waals surface area contributed by atoms with E-state index < -0.39 is 6.04 Å². The number of nitrogens with two attached hydrogens (primary N) is 1. The van der Waals surface area contributed by atoms with Crippen molar-refractivity contribution in [1.82, 2.24) is 5.32 Å². The van der Waals surface area contributed by atoms with Crippen LogP contribution in [0.2, 0.25) is 0 Å². The lowest BCUT2D eigenvalue weighted by atomic mass is 10.1. The Hall–Kier alpha value is -0.940. The maximum atomic E-state index is 12.7. The summed E-state index contributed by atoms with van der Waals surface area (Å²) < 4.78 is -0.106. The molecule has 3 N–H and O–H groups in total. The van der Waals surface area contributed by atoms with Gasteiger partial charge in [-0.05, 0) is 19.3 Å². The number of quaternary nitrogens is 1. The van der Waals surface area contributed by atoms with Crippen molar-refractivity contribution in [3.8, 4) is 0 Å². The second kappa shape index (κ2) is 7.18. The Balaban J connectivity index is 2.89. The second-order valence-corrected chi connectivity index (χ2v) is 6.14. The van der Waals surface area contributed by atoms with Crippen molar-refractivity contribution in [2.45, 2.75) is 65.5 Å². The number of carbonyl (C=O) groups is 2. The highest BCUT2D eigenvalue weighted by atomic mass is 16.2. The second-order valence-electron chi connectivity index (χ2n) is 6.14. The molecular weight excluding hydrogens is 254 g/mol. The van der Waals surface area contributed by atoms with Crippen molar-refractivity contribution in [3.63, 3.8) is 0 Å². The highest BCUT2D eigenvalue weighted by Crippen LogP contribution is 2.29. The van der Waals surface area contributed by atoms with Crippen LogP contribution in [0, 0.1) is 5.92 Å². The van der Waals surface area contributed by atoms with Crippen LogP contribution in [0.4, 0.5) is 4.79 Å². The summed E-state index contributed by atoms with van der Waals surface area (Å²) in [4.78, 5) is 25.3. The van der Waals surface area contributed by atoms with E-state index in [-0.39, 0.29) is 22.5 Å². The number of hydrogen-bond acceptors (Lipinski definition) is 3. The van der Waals surface area contributed by atoms with Gasteiger partial charge in [0, 0.05) is 19.4 Å². The Kier molecular flexibility index (Phi) is 6.14. The zero-order valence-corrected chi connectivity index (χ0v) is 13.3. The molecule has 116 valence electrons. The molecule has 1 rings (SSSR count). The maximum Gasteiger partial charge on any atom is 0.424 e. The van der Waals surface area contributed by atoms with Crippen molar-refractivity contribution in [3.05, 3.63) is 0 Å². The molecule has 0 spiro atoms. The van der Waals surface area contributed by atoms with Gasteiger partial charge in [-0.3, -0.25) is 0 Å². The largest absolute Gasteiger partial charge is 0.424 e. The van der Waals surface area contributed by atoms with Gasteiger partial charge in [0.15, 0.2) is 0 Å². The Morgan fingerprint density at radius 2 is 2.00 bits per heavy atom. The molecule has 1 fully saturated rings. The van der Waals surface area contributed by atoms with E-state index in [0.29, 0.717) is 25.4 Å². The molecule has 5 heteroatoms. The van der Waals surface area contributed by atoms with Gasteiger partial charge in [-0.25, -0.2) is 9.59 Å². The van der Waals surface area contributed by atoms with Crippen molar-refractivity contribution in [1.29, 1.82) is 0 Å². The minimum atomic E-state index is -0.551. The molecule has 0 aromatic rings. The summed E-state index contributed by atoms with van der Waals surface area (Å²) in [6.07, 6.45) is 3.39. The zero-order valence-electron chi connectivity index (χ0n) is 13.3. The van der Waals surface area contributed by atoms with E-state index in [1.807, 2.05) is 13.8 Å². The number of imide groups is 1. The summed E-state index contributed by atoms with van der Waals surface area (Å²) in [6, 6.07) is -0.689. The van der Waals surface area contributed by atoms with Crippen molar-refractivity contribution < 1.29 is 14.1 Å². The van der Waals surface area contributed by atoms with Crippen LogP contribution in [0.5, 0.6) is 0 Å². The summed E-state index contributed by atoms with van der Waals surface area (Å²) >= 11 is 0. The molecule has 0 aliphatic carbocycles. The van der Waals surface area contributed by atoms with Crippen LogP contribution in [0.3, 0.4) is 0 Å². The molecule has 2 unspecified atom stereocenters. The van der Waals surface area contributed by atoms with Crippen LogP contribution < -0.4 is 11.1 Å². The lowest BCUT2D eigenvalue weighted by molar-refractivity contribution is -0.785. The smallest absolute Gasteiger partial charge is 0.316 e. The van der Waals surface area contributed by atoms with E-state index in [9.17, 15) is 9.59 Å². The van der Waals surface area contributed by atoms with E-state index in [1.54, 1.807) is 0 Å². The van der Waals surface area contributed by atoms with E-state index in [4.69, 9.17) is 5.73 Å². The Labute approximate surface area is 122 Å². The fraction of sp³-hybridized carbons (Fsp3) is 0.867. The predicted molar refractivity (Wildman–Crippen MR) is 80.0 cm³/mol. The van der Waals surface area contributed by atoms with Crippen LogP contribution in [-0.2, 0) is 4.79 Å². The Bertz CT molecular complexity index is 359. The lowest BCUT2D eigenvalue weighted by Gasteiger charge is -2.34. The van der Waals surface area contributed by atoms with Gasteiger partial charge in [0.05, 0.1) is 6.54 Å². The number of nitrogens with zero attached hydrogens (tertiary/aromatic N) is 1. The maximum absolute atomic E-state index is 12.7. The Morgan fingerprint density at radius 1 is 1.35 bits per heavy atom. The molecule has 4 atom stereocenters. The Morgan fingerprint density at radius 3 is 2.45 bits per heavy atom. The number of rotatable bonds is 5. The highest BCUT2D eigenvalue weighted by Gasteiger charge is 2.53. The van der Waals surface area contributed by atoms with Crippen LogP contribution >= 0.6 is 0 Å². The first-order valence-electron chi connectivity index (χ1n) is 7.86. The lowest BCUT2D eigenvalue weighted by Crippen LogP contribution is -2.66. The molecule has 20 heavy (non-hydrogen) atoms. The average molecular weight is 284 g/mol. The molecular formula is C15H30N3O2+. The fourth-order valence-electron chi connectivity index (χ4n) is 2.82. The first-order chi connectivity index (χ1) is 9.40. The molecule has 0 aromatic heterocycles. The van der Waals surface area contributed by atoms with Gasteiger partial charge >= 0.3 is 11.9 Å². The van der Waals surface area contributed by atoms with Gasteiger partial charge in [-0.2, -0.15) is 4.48 Å². The van der Waals surface area contributed by atoms with Crippen LogP contribution in [-0.4, -0.2) is 41.6 Å². The SMILES string of the molecule is CCC(C)CNC(=O)[N+]1(C(=O)[C@@H](N)CC)CCC[C@@H]1C. The normalized spacial score (nSPS) is 28.9. The van der Waals surface area contributed by atoms with Crippen LogP contribution in [0.1, 0.15) is 53.4 Å². The molecule has 5 nitrogen and oxygen atoms in total. The number of urea groups is 1. The van der Waals surface area contributed by atoms with Gasteiger partial charge < -0.3 is 11.1 Å². The summed E-state index contributed by atoms with van der Waals surface area (Å²) in [6.45, 7) is 9.26. The first-order valence-corrected chi connectivity index (χ1v) is 7.86. The highest BCUT2D eigenvalue weighted by molar-refractivity contribution is 5.87. The quantitative estimate of drug-likeness (QED) is 0.759. The number of amides is 3. The van der Waals surface area contributed by atoms with Crippen LogP contribution in [0.25, 0.3) is 0 Å². The number of likely N-dealkylation sites (tertiary alicyclic amines) is 1. The monoisotopic (exact) mass is 284 g/mol. The summed E-state index contributed by atoms with van der Waals surface area (Å²) in [7, 11) is 0. The molecule has 0 bridgehead atoms. The van der Waals surface area contributed by atoms with Crippen molar-refractivity contribution in [2.24, 2.45) is 11.7 Å². The van der Waals surface area contributed by atoms with Gasteiger partial charge in [0.1, 0.15) is 12.1 Å². The zero-order chi connectivity index (χ0) is 15.3. The van der Waals surface area contributed by atoms with E-state index in [0.717, 1.165) is 19.3 Å². The van der Waals surface area contributed by atoms with Crippen molar-refractivity contribution >= 4 is 11.9 Å². The van der Waals surface area contributed by atoms with Gasteiger partial charge in [0.25, 0.3) is 0 Å². The van der Waals surface area contributed by atoms with E-state index >= 15 is 0 Å². The van der Waals surface area contributed by atoms with Gasteiger partial charge in [-0.1, -0.05) is 27.2 Å². The van der Waals surface area contributed by atoms with E-state index in [1.165, 1.54) is 0 Å². The third kappa shape index (κ3) is 3.20. The third-order valence-corrected chi connectivity index (χ3v) is 4.70. The third-order valence-electron chi connectivity index (χ3n) is 4.70. The molecule has 0 saturated carbocycles. The molecule has 0 aromatic carbocycles. The van der Waals surface area contributed by atoms with Gasteiger partial charge in [0.2, 0.25) is 0 Å². The predicted octanol–water partition coefficient (Wildman–Crippen LogP) is 2.01. The first kappa shape index (κ1) is 17.1. The molecule has 1 aliphatic heterocycles. The standard InChI is InChI=1S/C15H29N3O2/c1-5-11(3)10-17-15(20)18(9-7-8-12(18)4)14(19)13(16)6-2/h11-13H,5-10,16H2,1-4H3/p+1/t11?,12-,13-,18?/m0/s1. The van der Waals surface area contributed by atoms with Crippen molar-refractivity contribution in [2.75, 3.05) is 13.1 Å². The van der Waals surface area contributed by atoms with E-state index in [2.05, 4.69) is 19.2 Å². The molecule has 3 amide bonds. The molecule has 0 radical (unpaired) electrons. The number of nitrogens with one attached hydrogen (secondary N) is 1. The summed E-state index contributed by atoms with van der Waals surface area (Å²) in [5.74, 6) is 0.297. The number of hydrogen-bond donors (Lipinski definition) is 2. The van der Waals surface area contributed by atoms with Crippen LogP contribution in [0.15, 0.2) is 0 Å². The summed E-state index contributed by atoms with van der Waals surface area (Å²) in [5.41, 5.74) is 5.92. The summed E-state index contributed by atoms with van der Waals surface area (Å²) in [5, 5.41) is 2.96. The average Bonchev–Trinajstić information content (AvgIpc) is 2.85. The number of carbonyl (C=O) groups excluding carboxylic acids is 2. The fourth-order valence-corrected chi connectivity index (χ4v) is 2.82. The van der Waals surface area contributed by atoms with Gasteiger partial charge in [-0.15, -0.1) is 0 Å². The molecule has 1 aliphatic rings. The molecule has 1 heterocycles. The topological polar surface area (TPSA) is 72.2 Å². The minimum absolute atomic E-state index is 0.0250.